The van der Waals surface area contributed by atoms with Crippen LogP contribution in [0.3, 0.4) is 0 Å². The van der Waals surface area contributed by atoms with E-state index in [0.717, 1.165) is 22.9 Å². The molecule has 0 aliphatic heterocycles. The highest BCUT2D eigenvalue weighted by Crippen LogP contribution is 2.29. The molecule has 0 aliphatic rings. The molecule has 4 aromatic rings. The predicted octanol–water partition coefficient (Wildman–Crippen LogP) is 5.52. The molecule has 0 saturated carbocycles. The largest absolute Gasteiger partial charge is 0.497 e. The summed E-state index contributed by atoms with van der Waals surface area (Å²) in [6.07, 6.45) is 1.49. The van der Waals surface area contributed by atoms with Crippen LogP contribution >= 0.6 is 0 Å². The third-order valence-electron chi connectivity index (χ3n) is 5.34. The number of ketones is 1. The van der Waals surface area contributed by atoms with E-state index in [9.17, 15) is 9.59 Å². The molecule has 0 saturated heterocycles. The van der Waals surface area contributed by atoms with Gasteiger partial charge in [-0.1, -0.05) is 55.5 Å². The molecule has 0 radical (unpaired) electrons. The number of Topliss-reactive ketones (excluding diaryl/α,β-unsaturated/α-hetero) is 1. The summed E-state index contributed by atoms with van der Waals surface area (Å²) in [4.78, 5) is 29.6. The first-order chi connectivity index (χ1) is 15.1. The van der Waals surface area contributed by atoms with Crippen molar-refractivity contribution < 1.29 is 19.1 Å². The number of fused-ring (bicyclic) bond motifs is 1. The molecule has 3 aromatic carbocycles. The highest BCUT2D eigenvalue weighted by molar-refractivity contribution is 6.11. The number of esters is 1. The van der Waals surface area contributed by atoms with E-state index in [2.05, 4.69) is 11.9 Å². The van der Waals surface area contributed by atoms with Gasteiger partial charge in [0, 0.05) is 28.2 Å². The lowest BCUT2D eigenvalue weighted by Gasteiger charge is -2.17. The van der Waals surface area contributed by atoms with E-state index in [1.165, 1.54) is 0 Å². The van der Waals surface area contributed by atoms with Crippen LogP contribution in [-0.4, -0.2) is 23.8 Å². The molecule has 1 aromatic heterocycles. The van der Waals surface area contributed by atoms with Gasteiger partial charge in [-0.25, -0.2) is 4.79 Å². The number of hydrogen-bond donors (Lipinski definition) is 1. The second kappa shape index (κ2) is 8.88. The molecule has 0 aliphatic carbocycles. The summed E-state index contributed by atoms with van der Waals surface area (Å²) >= 11 is 0. The van der Waals surface area contributed by atoms with Crippen molar-refractivity contribution in [3.05, 3.63) is 101 Å². The molecule has 5 nitrogen and oxygen atoms in total. The summed E-state index contributed by atoms with van der Waals surface area (Å²) in [5.74, 6) is -0.204. The molecular weight excluding hydrogens is 390 g/mol. The number of aromatic amines is 1. The van der Waals surface area contributed by atoms with E-state index < -0.39 is 12.1 Å². The van der Waals surface area contributed by atoms with Crippen molar-refractivity contribution in [2.45, 2.75) is 19.4 Å². The summed E-state index contributed by atoms with van der Waals surface area (Å²) in [5, 5.41) is 0.825. The lowest BCUT2D eigenvalue weighted by molar-refractivity contribution is 0.0280. The smallest absolute Gasteiger partial charge is 0.339 e. The Morgan fingerprint density at radius 2 is 1.68 bits per heavy atom. The second-order valence-corrected chi connectivity index (χ2v) is 7.18. The van der Waals surface area contributed by atoms with Crippen LogP contribution in [0.1, 0.15) is 44.9 Å². The fourth-order valence-corrected chi connectivity index (χ4v) is 3.66. The third kappa shape index (κ3) is 4.08. The molecule has 0 spiro atoms. The SMILES string of the molecule is CCc1cccc2c(C(=O)[C@H](OC(=O)c3ccc(OC)cc3)c3ccccc3)c[nH]c12. The summed E-state index contributed by atoms with van der Waals surface area (Å²) in [7, 11) is 1.56. The zero-order valence-electron chi connectivity index (χ0n) is 17.4. The lowest BCUT2D eigenvalue weighted by atomic mass is 9.98. The van der Waals surface area contributed by atoms with Crippen LogP contribution in [-0.2, 0) is 11.2 Å². The minimum Gasteiger partial charge on any atom is -0.497 e. The first-order valence-corrected chi connectivity index (χ1v) is 10.2. The van der Waals surface area contributed by atoms with Gasteiger partial charge in [0.1, 0.15) is 5.75 Å². The van der Waals surface area contributed by atoms with E-state index in [1.54, 1.807) is 49.7 Å². The fourth-order valence-electron chi connectivity index (χ4n) is 3.66. The van der Waals surface area contributed by atoms with Crippen molar-refractivity contribution in [2.24, 2.45) is 0 Å². The Bertz CT molecular complexity index is 1210. The normalized spacial score (nSPS) is 11.8. The molecule has 1 heterocycles. The van der Waals surface area contributed by atoms with Crippen LogP contribution in [0.4, 0.5) is 0 Å². The van der Waals surface area contributed by atoms with Crippen molar-refractivity contribution in [1.82, 2.24) is 4.98 Å². The minimum absolute atomic E-state index is 0.271. The maximum atomic E-state index is 13.6. The first-order valence-electron chi connectivity index (χ1n) is 10.2. The molecule has 0 bridgehead atoms. The number of methoxy groups -OCH3 is 1. The van der Waals surface area contributed by atoms with Crippen LogP contribution in [0, 0.1) is 0 Å². The van der Waals surface area contributed by atoms with E-state index >= 15 is 0 Å². The predicted molar refractivity (Wildman–Crippen MR) is 120 cm³/mol. The van der Waals surface area contributed by atoms with Gasteiger partial charge in [-0.15, -0.1) is 0 Å². The van der Waals surface area contributed by atoms with Gasteiger partial charge in [0.25, 0.3) is 0 Å². The number of carbonyl (C=O) groups is 2. The fraction of sp³-hybridized carbons (Fsp3) is 0.154. The summed E-state index contributed by atoms with van der Waals surface area (Å²) < 4.78 is 10.9. The van der Waals surface area contributed by atoms with E-state index in [-0.39, 0.29) is 5.78 Å². The van der Waals surface area contributed by atoms with Crippen molar-refractivity contribution >= 4 is 22.7 Å². The summed E-state index contributed by atoms with van der Waals surface area (Å²) in [6, 6.07) is 21.6. The first kappa shape index (κ1) is 20.4. The summed E-state index contributed by atoms with van der Waals surface area (Å²) in [5.41, 5.74) is 3.53. The van der Waals surface area contributed by atoms with Crippen LogP contribution < -0.4 is 4.74 Å². The third-order valence-corrected chi connectivity index (χ3v) is 5.34. The quantitative estimate of drug-likeness (QED) is 0.320. The Balaban J connectivity index is 1.70. The average Bonchev–Trinajstić information content (AvgIpc) is 3.27. The van der Waals surface area contributed by atoms with Gasteiger partial charge in [-0.05, 0) is 36.2 Å². The van der Waals surface area contributed by atoms with Gasteiger partial charge >= 0.3 is 5.97 Å². The molecule has 1 N–H and O–H groups in total. The number of carbonyl (C=O) groups excluding carboxylic acids is 2. The molecule has 4 rings (SSSR count). The number of benzene rings is 3. The molecular formula is C26H23NO4. The van der Waals surface area contributed by atoms with Gasteiger partial charge in [-0.3, -0.25) is 4.79 Å². The highest BCUT2D eigenvalue weighted by Gasteiger charge is 2.28. The zero-order chi connectivity index (χ0) is 21.8. The lowest BCUT2D eigenvalue weighted by Crippen LogP contribution is -2.20. The molecule has 31 heavy (non-hydrogen) atoms. The number of para-hydroxylation sites is 1. The minimum atomic E-state index is -1.06. The van der Waals surface area contributed by atoms with Crippen molar-refractivity contribution in [3.8, 4) is 5.75 Å². The number of aromatic nitrogens is 1. The number of ether oxygens (including phenoxy) is 2. The number of rotatable bonds is 7. The van der Waals surface area contributed by atoms with Crippen LogP contribution in [0.15, 0.2) is 79.0 Å². The van der Waals surface area contributed by atoms with E-state index in [1.807, 2.05) is 36.4 Å². The second-order valence-electron chi connectivity index (χ2n) is 7.18. The standard InChI is InChI=1S/C26H23NO4/c1-3-17-10-7-11-21-22(16-27-23(17)21)24(28)25(18-8-5-4-6-9-18)31-26(29)19-12-14-20(30-2)15-13-19/h4-16,25,27H,3H2,1-2H3/t25-/m1/s1. The molecule has 1 atom stereocenters. The highest BCUT2D eigenvalue weighted by atomic mass is 16.5. The molecule has 0 amide bonds. The number of aryl methyl sites for hydroxylation is 1. The molecule has 0 fully saturated rings. The van der Waals surface area contributed by atoms with Crippen LogP contribution in [0.5, 0.6) is 5.75 Å². The zero-order valence-corrected chi connectivity index (χ0v) is 17.4. The van der Waals surface area contributed by atoms with Crippen molar-refractivity contribution in [2.75, 3.05) is 7.11 Å². The number of hydrogen-bond acceptors (Lipinski definition) is 4. The van der Waals surface area contributed by atoms with Gasteiger partial charge < -0.3 is 14.5 Å². The Morgan fingerprint density at radius 3 is 2.35 bits per heavy atom. The Morgan fingerprint density at radius 1 is 0.935 bits per heavy atom. The molecule has 0 unspecified atom stereocenters. The van der Waals surface area contributed by atoms with E-state index in [4.69, 9.17) is 9.47 Å². The maximum absolute atomic E-state index is 13.6. The van der Waals surface area contributed by atoms with Crippen molar-refractivity contribution in [1.29, 1.82) is 0 Å². The van der Waals surface area contributed by atoms with Crippen LogP contribution in [0.2, 0.25) is 0 Å². The topological polar surface area (TPSA) is 68.4 Å². The Hall–Kier alpha value is -3.86. The van der Waals surface area contributed by atoms with Gasteiger partial charge in [-0.2, -0.15) is 0 Å². The Kier molecular flexibility index (Phi) is 5.85. The van der Waals surface area contributed by atoms with Gasteiger partial charge in [0.15, 0.2) is 6.10 Å². The maximum Gasteiger partial charge on any atom is 0.339 e. The van der Waals surface area contributed by atoms with Gasteiger partial charge in [0.05, 0.1) is 12.7 Å². The molecule has 156 valence electrons. The molecule has 5 heteroatoms. The van der Waals surface area contributed by atoms with Crippen molar-refractivity contribution in [3.63, 3.8) is 0 Å². The number of H-pyrrole nitrogens is 1. The monoisotopic (exact) mass is 413 g/mol. The van der Waals surface area contributed by atoms with Gasteiger partial charge in [0.2, 0.25) is 5.78 Å². The average molecular weight is 413 g/mol. The number of nitrogens with one attached hydrogen (secondary N) is 1. The van der Waals surface area contributed by atoms with E-state index in [0.29, 0.717) is 22.4 Å². The summed E-state index contributed by atoms with van der Waals surface area (Å²) in [6.45, 7) is 2.07. The van der Waals surface area contributed by atoms with Crippen LogP contribution in [0.25, 0.3) is 10.9 Å². The Labute approximate surface area is 180 Å².